The van der Waals surface area contributed by atoms with Crippen LogP contribution in [0.15, 0.2) is 51.7 Å². The van der Waals surface area contributed by atoms with Crippen LogP contribution in [0.3, 0.4) is 0 Å². The molecule has 0 fully saturated rings. The molecule has 0 radical (unpaired) electrons. The van der Waals surface area contributed by atoms with Gasteiger partial charge in [0.2, 0.25) is 4.96 Å². The zero-order valence-corrected chi connectivity index (χ0v) is 17.3. The van der Waals surface area contributed by atoms with Crippen LogP contribution in [-0.2, 0) is 4.79 Å². The molecule has 0 N–H and O–H groups in total. The molecule has 6 nitrogen and oxygen atoms in total. The molecule has 1 amide bonds. The Kier molecular flexibility index (Phi) is 3.75. The molecule has 2 aromatic carbocycles. The SMILES string of the molecule is Cc1ccc(-c2nc3s/c(=C4\C(=O)N(C)c5ccc(Br)cc54)c(=O)n3n2)cc1. The van der Waals surface area contributed by atoms with Crippen molar-refractivity contribution in [1.82, 2.24) is 14.6 Å². The monoisotopic (exact) mass is 452 g/mol. The summed E-state index contributed by atoms with van der Waals surface area (Å²) in [6.07, 6.45) is 0. The van der Waals surface area contributed by atoms with Crippen LogP contribution in [0, 0.1) is 6.92 Å². The van der Waals surface area contributed by atoms with Gasteiger partial charge >= 0.3 is 0 Å². The van der Waals surface area contributed by atoms with E-state index in [1.165, 1.54) is 15.9 Å². The predicted octanol–water partition coefficient (Wildman–Crippen LogP) is 2.78. The van der Waals surface area contributed by atoms with Crippen molar-refractivity contribution in [3.05, 3.63) is 73.0 Å². The maximum absolute atomic E-state index is 13.0. The molecule has 0 atom stereocenters. The van der Waals surface area contributed by atoms with Crippen molar-refractivity contribution in [3.63, 3.8) is 0 Å². The highest BCUT2D eigenvalue weighted by Crippen LogP contribution is 2.36. The molecule has 28 heavy (non-hydrogen) atoms. The van der Waals surface area contributed by atoms with E-state index in [1.807, 2.05) is 49.4 Å². The van der Waals surface area contributed by atoms with Crippen molar-refractivity contribution in [2.24, 2.45) is 0 Å². The van der Waals surface area contributed by atoms with Crippen LogP contribution >= 0.6 is 27.3 Å². The Morgan fingerprint density at radius 3 is 2.54 bits per heavy atom. The lowest BCUT2D eigenvalue weighted by Gasteiger charge is -2.08. The van der Waals surface area contributed by atoms with Crippen LogP contribution in [0.4, 0.5) is 5.69 Å². The fourth-order valence-electron chi connectivity index (χ4n) is 3.32. The minimum Gasteiger partial charge on any atom is -0.311 e. The standard InChI is InChI=1S/C20H13BrN4O2S/c1-10-3-5-11(6-4-10)17-22-20-25(23-17)19(27)16(28-20)15-13-9-12(21)7-8-14(13)24(2)18(15)26/h3-9H,1-2H3/b16-15-. The molecule has 0 saturated carbocycles. The first-order chi connectivity index (χ1) is 13.4. The highest BCUT2D eigenvalue weighted by molar-refractivity contribution is 9.10. The average molecular weight is 453 g/mol. The zero-order chi connectivity index (χ0) is 19.6. The van der Waals surface area contributed by atoms with E-state index in [0.717, 1.165) is 26.9 Å². The number of hydrogen-bond acceptors (Lipinski definition) is 5. The van der Waals surface area contributed by atoms with Crippen LogP contribution in [0.5, 0.6) is 0 Å². The van der Waals surface area contributed by atoms with Gasteiger partial charge < -0.3 is 4.90 Å². The Morgan fingerprint density at radius 2 is 1.82 bits per heavy atom. The molecule has 0 unspecified atom stereocenters. The van der Waals surface area contributed by atoms with Crippen LogP contribution in [0.25, 0.3) is 21.9 Å². The Labute approximate surface area is 171 Å². The van der Waals surface area contributed by atoms with E-state index < -0.39 is 0 Å². The summed E-state index contributed by atoms with van der Waals surface area (Å²) in [4.78, 5) is 32.4. The van der Waals surface area contributed by atoms with Gasteiger partial charge in [0.25, 0.3) is 11.5 Å². The predicted molar refractivity (Wildman–Crippen MR) is 113 cm³/mol. The summed E-state index contributed by atoms with van der Waals surface area (Å²) in [6.45, 7) is 2.01. The molecule has 1 aliphatic rings. The molecule has 0 bridgehead atoms. The molecular weight excluding hydrogens is 440 g/mol. The van der Waals surface area contributed by atoms with Gasteiger partial charge in [-0.25, -0.2) is 0 Å². The lowest BCUT2D eigenvalue weighted by atomic mass is 10.1. The van der Waals surface area contributed by atoms with Gasteiger partial charge in [-0.1, -0.05) is 57.1 Å². The molecule has 4 aromatic rings. The summed E-state index contributed by atoms with van der Waals surface area (Å²) < 4.78 is 2.49. The zero-order valence-electron chi connectivity index (χ0n) is 14.9. The van der Waals surface area contributed by atoms with Crippen molar-refractivity contribution in [2.75, 3.05) is 11.9 Å². The van der Waals surface area contributed by atoms with E-state index in [0.29, 0.717) is 20.9 Å². The lowest BCUT2D eigenvalue weighted by molar-refractivity contribution is -0.112. The molecule has 138 valence electrons. The number of rotatable bonds is 1. The third-order valence-electron chi connectivity index (χ3n) is 4.80. The molecule has 0 saturated heterocycles. The highest BCUT2D eigenvalue weighted by atomic mass is 79.9. The summed E-state index contributed by atoms with van der Waals surface area (Å²) in [5.41, 5.74) is 3.58. The van der Waals surface area contributed by atoms with Gasteiger partial charge in [0, 0.05) is 22.6 Å². The summed E-state index contributed by atoms with van der Waals surface area (Å²) in [5, 5.41) is 4.38. The number of halogens is 1. The minimum absolute atomic E-state index is 0.200. The fourth-order valence-corrected chi connectivity index (χ4v) is 4.68. The third kappa shape index (κ3) is 2.45. The van der Waals surface area contributed by atoms with Crippen molar-refractivity contribution in [3.8, 4) is 11.4 Å². The van der Waals surface area contributed by atoms with Gasteiger partial charge in [0.05, 0.1) is 11.3 Å². The van der Waals surface area contributed by atoms with E-state index in [4.69, 9.17) is 0 Å². The number of aryl methyl sites for hydroxylation is 1. The molecule has 5 rings (SSSR count). The van der Waals surface area contributed by atoms with Crippen molar-refractivity contribution < 1.29 is 4.79 Å². The Morgan fingerprint density at radius 1 is 1.07 bits per heavy atom. The molecule has 8 heteroatoms. The van der Waals surface area contributed by atoms with Gasteiger partial charge in [-0.2, -0.15) is 9.50 Å². The van der Waals surface area contributed by atoms with Gasteiger partial charge in [0.15, 0.2) is 5.82 Å². The number of likely N-dealkylation sites (N-methyl/N-ethyl adjacent to an activating group) is 1. The molecule has 1 aliphatic heterocycles. The Balaban J connectivity index is 1.75. The summed E-state index contributed by atoms with van der Waals surface area (Å²) >= 11 is 4.64. The number of nitrogens with zero attached hydrogens (tertiary/aromatic N) is 4. The maximum Gasteiger partial charge on any atom is 0.291 e. The second kappa shape index (κ2) is 6.08. The summed E-state index contributed by atoms with van der Waals surface area (Å²) in [6, 6.07) is 13.4. The van der Waals surface area contributed by atoms with Crippen LogP contribution in [-0.4, -0.2) is 27.6 Å². The van der Waals surface area contributed by atoms with Gasteiger partial charge in [-0.3, -0.25) is 9.59 Å². The maximum atomic E-state index is 13.0. The second-order valence-electron chi connectivity index (χ2n) is 6.63. The summed E-state index contributed by atoms with van der Waals surface area (Å²) in [5.74, 6) is 0.298. The number of anilines is 1. The first-order valence-corrected chi connectivity index (χ1v) is 10.1. The number of benzene rings is 2. The Bertz CT molecular complexity index is 1390. The molecule has 0 spiro atoms. The first-order valence-electron chi connectivity index (χ1n) is 8.53. The Hall–Kier alpha value is -2.84. The van der Waals surface area contributed by atoms with E-state index in [1.54, 1.807) is 11.9 Å². The van der Waals surface area contributed by atoms with Gasteiger partial charge in [-0.15, -0.1) is 5.10 Å². The second-order valence-corrected chi connectivity index (χ2v) is 8.53. The number of amides is 1. The van der Waals surface area contributed by atoms with E-state index in [-0.39, 0.29) is 11.5 Å². The molecular formula is C20H13BrN4O2S. The van der Waals surface area contributed by atoms with Crippen molar-refractivity contribution in [1.29, 1.82) is 0 Å². The normalized spacial score (nSPS) is 15.5. The lowest BCUT2D eigenvalue weighted by Crippen LogP contribution is -2.30. The topological polar surface area (TPSA) is 67.6 Å². The number of carbonyl (C=O) groups excluding carboxylic acids is 1. The number of fused-ring (bicyclic) bond motifs is 2. The molecule has 3 heterocycles. The van der Waals surface area contributed by atoms with Crippen molar-refractivity contribution >= 4 is 49.4 Å². The molecule has 0 aliphatic carbocycles. The first kappa shape index (κ1) is 17.3. The van der Waals surface area contributed by atoms with E-state index in [9.17, 15) is 9.59 Å². The smallest absolute Gasteiger partial charge is 0.291 e. The quantitative estimate of drug-likeness (QED) is 0.445. The number of aromatic nitrogens is 3. The highest BCUT2D eigenvalue weighted by Gasteiger charge is 2.32. The van der Waals surface area contributed by atoms with Gasteiger partial charge in [-0.05, 0) is 25.1 Å². The van der Waals surface area contributed by atoms with Crippen LogP contribution < -0.4 is 15.0 Å². The van der Waals surface area contributed by atoms with Crippen LogP contribution in [0.2, 0.25) is 0 Å². The van der Waals surface area contributed by atoms with Crippen LogP contribution in [0.1, 0.15) is 11.1 Å². The number of carbonyl (C=O) groups is 1. The minimum atomic E-state index is -0.324. The van der Waals surface area contributed by atoms with Gasteiger partial charge in [0.1, 0.15) is 4.53 Å². The summed E-state index contributed by atoms with van der Waals surface area (Å²) in [7, 11) is 1.71. The number of thiazole rings is 1. The average Bonchev–Trinajstić information content (AvgIpc) is 3.29. The van der Waals surface area contributed by atoms with Crippen molar-refractivity contribution in [2.45, 2.75) is 6.92 Å². The fraction of sp³-hybridized carbons (Fsp3) is 0.100. The molecule has 2 aromatic heterocycles. The number of hydrogen-bond donors (Lipinski definition) is 0. The van der Waals surface area contributed by atoms with E-state index >= 15 is 0 Å². The third-order valence-corrected chi connectivity index (χ3v) is 6.32. The van der Waals surface area contributed by atoms with E-state index in [2.05, 4.69) is 26.0 Å². The largest absolute Gasteiger partial charge is 0.311 e.